The van der Waals surface area contributed by atoms with E-state index in [0.717, 1.165) is 16.9 Å². The van der Waals surface area contributed by atoms with Crippen LogP contribution in [0.5, 0.6) is 5.75 Å². The molecule has 0 saturated heterocycles. The Bertz CT molecular complexity index is 574. The molecule has 2 N–H and O–H groups in total. The van der Waals surface area contributed by atoms with Gasteiger partial charge in [0.2, 0.25) is 0 Å². The van der Waals surface area contributed by atoms with Gasteiger partial charge in [0.25, 0.3) is 0 Å². The van der Waals surface area contributed by atoms with Gasteiger partial charge in [-0.3, -0.25) is 0 Å². The normalized spacial score (nSPS) is 12.2. The van der Waals surface area contributed by atoms with Crippen molar-refractivity contribution in [1.82, 2.24) is 0 Å². The summed E-state index contributed by atoms with van der Waals surface area (Å²) in [7, 11) is 1.64. The fourth-order valence-electron chi connectivity index (χ4n) is 1.97. The Labute approximate surface area is 120 Å². The topological polar surface area (TPSA) is 35.2 Å². The second kappa shape index (κ2) is 6.17. The molecule has 2 aromatic rings. The molecule has 0 aliphatic carbocycles. The van der Waals surface area contributed by atoms with E-state index in [2.05, 4.69) is 15.9 Å². The number of hydrogen-bond donors (Lipinski definition) is 1. The first-order valence-electron chi connectivity index (χ1n) is 5.94. The molecule has 0 aromatic heterocycles. The van der Waals surface area contributed by atoms with Gasteiger partial charge in [0, 0.05) is 6.04 Å². The van der Waals surface area contributed by atoms with Crippen molar-refractivity contribution in [2.75, 3.05) is 7.11 Å². The molecular weight excluding hydrogens is 309 g/mol. The van der Waals surface area contributed by atoms with Crippen molar-refractivity contribution in [3.8, 4) is 5.75 Å². The number of ether oxygens (including phenoxy) is 1. The first-order chi connectivity index (χ1) is 9.11. The van der Waals surface area contributed by atoms with Crippen molar-refractivity contribution >= 4 is 15.9 Å². The molecular formula is C15H15BrFNO. The molecule has 0 radical (unpaired) electrons. The molecule has 1 atom stereocenters. The zero-order valence-corrected chi connectivity index (χ0v) is 12.2. The maximum absolute atomic E-state index is 13.2. The number of rotatable bonds is 4. The highest BCUT2D eigenvalue weighted by Crippen LogP contribution is 2.26. The lowest BCUT2D eigenvalue weighted by Gasteiger charge is -2.15. The summed E-state index contributed by atoms with van der Waals surface area (Å²) in [5, 5.41) is 0. The van der Waals surface area contributed by atoms with Gasteiger partial charge >= 0.3 is 0 Å². The summed E-state index contributed by atoms with van der Waals surface area (Å²) in [5.74, 6) is 0.535. The molecule has 0 heterocycles. The van der Waals surface area contributed by atoms with E-state index in [1.807, 2.05) is 24.3 Å². The van der Waals surface area contributed by atoms with Crippen molar-refractivity contribution in [3.05, 3.63) is 63.9 Å². The quantitative estimate of drug-likeness (QED) is 0.927. The molecule has 19 heavy (non-hydrogen) atoms. The summed E-state index contributed by atoms with van der Waals surface area (Å²) in [6.07, 6.45) is 0.641. The third-order valence-electron chi connectivity index (χ3n) is 3.00. The molecule has 0 amide bonds. The SMILES string of the molecule is COc1ccccc1CC(N)c1ccc(F)c(Br)c1. The van der Waals surface area contributed by atoms with Gasteiger partial charge in [0.15, 0.2) is 0 Å². The Hall–Kier alpha value is -1.39. The van der Waals surface area contributed by atoms with E-state index in [9.17, 15) is 4.39 Å². The van der Waals surface area contributed by atoms with E-state index >= 15 is 0 Å². The predicted octanol–water partition coefficient (Wildman–Crippen LogP) is 3.84. The highest BCUT2D eigenvalue weighted by molar-refractivity contribution is 9.10. The van der Waals surface area contributed by atoms with Gasteiger partial charge in [-0.2, -0.15) is 0 Å². The first-order valence-corrected chi connectivity index (χ1v) is 6.73. The smallest absolute Gasteiger partial charge is 0.137 e. The van der Waals surface area contributed by atoms with Crippen LogP contribution in [-0.2, 0) is 6.42 Å². The van der Waals surface area contributed by atoms with Gasteiger partial charge in [-0.05, 0) is 51.7 Å². The second-order valence-corrected chi connectivity index (χ2v) is 5.15. The minimum atomic E-state index is -0.284. The van der Waals surface area contributed by atoms with Crippen LogP contribution in [-0.4, -0.2) is 7.11 Å². The van der Waals surface area contributed by atoms with Gasteiger partial charge < -0.3 is 10.5 Å². The fourth-order valence-corrected chi connectivity index (χ4v) is 2.37. The minimum Gasteiger partial charge on any atom is -0.496 e. The lowest BCUT2D eigenvalue weighted by atomic mass is 9.99. The average molecular weight is 324 g/mol. The van der Waals surface area contributed by atoms with Gasteiger partial charge in [-0.15, -0.1) is 0 Å². The molecule has 2 aromatic carbocycles. The predicted molar refractivity (Wildman–Crippen MR) is 77.7 cm³/mol. The van der Waals surface area contributed by atoms with Crippen LogP contribution < -0.4 is 10.5 Å². The summed E-state index contributed by atoms with van der Waals surface area (Å²) in [5.41, 5.74) is 8.10. The Morgan fingerprint density at radius 2 is 2.00 bits per heavy atom. The molecule has 1 unspecified atom stereocenters. The number of benzene rings is 2. The number of halogens is 2. The second-order valence-electron chi connectivity index (χ2n) is 4.30. The molecule has 4 heteroatoms. The van der Waals surface area contributed by atoms with E-state index in [1.165, 1.54) is 6.07 Å². The molecule has 0 saturated carbocycles. The van der Waals surface area contributed by atoms with Crippen LogP contribution in [0.15, 0.2) is 46.9 Å². The summed E-state index contributed by atoms with van der Waals surface area (Å²) in [6, 6.07) is 12.4. The van der Waals surface area contributed by atoms with Crippen molar-refractivity contribution in [2.24, 2.45) is 5.73 Å². The largest absolute Gasteiger partial charge is 0.496 e. The van der Waals surface area contributed by atoms with Crippen LogP contribution in [0.2, 0.25) is 0 Å². The van der Waals surface area contributed by atoms with E-state index in [-0.39, 0.29) is 11.9 Å². The molecule has 0 spiro atoms. The molecule has 2 rings (SSSR count). The van der Waals surface area contributed by atoms with E-state index in [1.54, 1.807) is 19.2 Å². The first kappa shape index (κ1) is 14.0. The van der Waals surface area contributed by atoms with Crippen LogP contribution >= 0.6 is 15.9 Å². The van der Waals surface area contributed by atoms with Crippen LogP contribution in [0.25, 0.3) is 0 Å². The molecule has 100 valence electrons. The monoisotopic (exact) mass is 323 g/mol. The summed E-state index contributed by atoms with van der Waals surface area (Å²) >= 11 is 3.17. The highest BCUT2D eigenvalue weighted by Gasteiger charge is 2.12. The summed E-state index contributed by atoms with van der Waals surface area (Å²) < 4.78 is 18.9. The summed E-state index contributed by atoms with van der Waals surface area (Å²) in [4.78, 5) is 0. The number of para-hydroxylation sites is 1. The van der Waals surface area contributed by atoms with Gasteiger partial charge in [0.05, 0.1) is 11.6 Å². The van der Waals surface area contributed by atoms with E-state index in [0.29, 0.717) is 10.9 Å². The molecule has 0 fully saturated rings. The van der Waals surface area contributed by atoms with Crippen molar-refractivity contribution < 1.29 is 9.13 Å². The molecule has 0 aliphatic rings. The Morgan fingerprint density at radius 1 is 1.26 bits per heavy atom. The van der Waals surface area contributed by atoms with Crippen LogP contribution in [0, 0.1) is 5.82 Å². The third-order valence-corrected chi connectivity index (χ3v) is 3.61. The van der Waals surface area contributed by atoms with Crippen molar-refractivity contribution in [2.45, 2.75) is 12.5 Å². The summed E-state index contributed by atoms with van der Waals surface area (Å²) in [6.45, 7) is 0. The highest BCUT2D eigenvalue weighted by atomic mass is 79.9. The van der Waals surface area contributed by atoms with Crippen LogP contribution in [0.1, 0.15) is 17.2 Å². The Morgan fingerprint density at radius 3 is 2.68 bits per heavy atom. The standard InChI is InChI=1S/C15H15BrFNO/c1-19-15-5-3-2-4-11(15)9-14(18)10-6-7-13(17)12(16)8-10/h2-8,14H,9,18H2,1H3. The van der Waals surface area contributed by atoms with Gasteiger partial charge in [-0.1, -0.05) is 24.3 Å². The Kier molecular flexibility index (Phi) is 4.56. The van der Waals surface area contributed by atoms with Crippen LogP contribution in [0.3, 0.4) is 0 Å². The number of methoxy groups -OCH3 is 1. The van der Waals surface area contributed by atoms with Crippen molar-refractivity contribution in [1.29, 1.82) is 0 Å². The average Bonchev–Trinajstić information content (AvgIpc) is 2.42. The van der Waals surface area contributed by atoms with Crippen molar-refractivity contribution in [3.63, 3.8) is 0 Å². The van der Waals surface area contributed by atoms with Crippen LogP contribution in [0.4, 0.5) is 4.39 Å². The third kappa shape index (κ3) is 3.33. The van der Waals surface area contributed by atoms with E-state index < -0.39 is 0 Å². The molecule has 0 aliphatic heterocycles. The van der Waals surface area contributed by atoms with Gasteiger partial charge in [-0.25, -0.2) is 4.39 Å². The molecule has 0 bridgehead atoms. The Balaban J connectivity index is 2.20. The lowest BCUT2D eigenvalue weighted by Crippen LogP contribution is -2.14. The number of hydrogen-bond acceptors (Lipinski definition) is 2. The molecule has 2 nitrogen and oxygen atoms in total. The minimum absolute atomic E-state index is 0.201. The number of nitrogens with two attached hydrogens (primary N) is 1. The fraction of sp³-hybridized carbons (Fsp3) is 0.200. The maximum Gasteiger partial charge on any atom is 0.137 e. The van der Waals surface area contributed by atoms with Gasteiger partial charge in [0.1, 0.15) is 11.6 Å². The maximum atomic E-state index is 13.2. The zero-order valence-electron chi connectivity index (χ0n) is 10.6. The lowest BCUT2D eigenvalue weighted by molar-refractivity contribution is 0.408. The van der Waals surface area contributed by atoms with E-state index in [4.69, 9.17) is 10.5 Å². The zero-order chi connectivity index (χ0) is 13.8.